The lowest BCUT2D eigenvalue weighted by Gasteiger charge is -2.55. The van der Waals surface area contributed by atoms with Crippen molar-refractivity contribution in [3.05, 3.63) is 164 Å². The molecule has 0 radical (unpaired) electrons. The average Bonchev–Trinajstić information content (AvgIpc) is 3.44. The zero-order valence-corrected chi connectivity index (χ0v) is 31.3. The smallest absolute Gasteiger partial charge is 0.343 e. The number of alkyl halides is 2. The molecule has 1 fully saturated rings. The molecule has 5 aromatic rings. The summed E-state index contributed by atoms with van der Waals surface area (Å²) < 4.78 is 8.78. The van der Waals surface area contributed by atoms with Gasteiger partial charge in [-0.05, 0) is 82.9 Å². The first-order valence-electron chi connectivity index (χ1n) is 16.0. The topological polar surface area (TPSA) is 107 Å². The van der Waals surface area contributed by atoms with Gasteiger partial charge in [-0.2, -0.15) is 0 Å². The molecule has 0 saturated carbocycles. The standard InChI is InChI=1S/C40H23Br2Cl2NO7/c41-39-26-8-1-2-9-27(26)40(42,29-11-4-3-10-28(29)39)34-33(39)35(47)45(36(34)48)24-7-5-6-22(18-24)37(49)51-20-32(46)21-12-15-25(16-13-21)52-38(50)23-14-17-30(43)31(44)19-23/h1-19,33-34H,20H2. The van der Waals surface area contributed by atoms with Gasteiger partial charge in [0, 0.05) is 5.56 Å². The maximum atomic E-state index is 14.4. The number of amides is 2. The van der Waals surface area contributed by atoms with E-state index in [9.17, 15) is 24.0 Å². The number of carbonyl (C=O) groups is 5. The summed E-state index contributed by atoms with van der Waals surface area (Å²) in [7, 11) is 0. The quantitative estimate of drug-likeness (QED) is 0.0531. The van der Waals surface area contributed by atoms with Crippen LogP contribution in [0.4, 0.5) is 5.69 Å². The molecule has 2 unspecified atom stereocenters. The lowest BCUT2D eigenvalue weighted by atomic mass is 9.54. The van der Waals surface area contributed by atoms with Crippen molar-refractivity contribution in [2.45, 2.75) is 8.65 Å². The number of halogens is 4. The highest BCUT2D eigenvalue weighted by Crippen LogP contribution is 2.70. The van der Waals surface area contributed by atoms with Gasteiger partial charge in [0.15, 0.2) is 12.4 Å². The van der Waals surface area contributed by atoms with E-state index in [1.165, 1.54) is 54.6 Å². The van der Waals surface area contributed by atoms with Gasteiger partial charge in [-0.3, -0.25) is 14.4 Å². The number of ether oxygens (including phenoxy) is 2. The maximum Gasteiger partial charge on any atom is 0.343 e. The molecule has 1 heterocycles. The number of benzene rings is 5. The first kappa shape index (κ1) is 34.5. The maximum absolute atomic E-state index is 14.4. The van der Waals surface area contributed by atoms with Crippen LogP contribution in [0.15, 0.2) is 115 Å². The van der Waals surface area contributed by atoms with Crippen molar-refractivity contribution in [1.29, 1.82) is 0 Å². The Morgan fingerprint density at radius 2 is 1.13 bits per heavy atom. The molecule has 4 aliphatic rings. The third-order valence-electron chi connectivity index (χ3n) is 9.80. The lowest BCUT2D eigenvalue weighted by Crippen LogP contribution is -2.56. The van der Waals surface area contributed by atoms with E-state index in [2.05, 4.69) is 31.9 Å². The molecule has 5 aromatic carbocycles. The average molecular weight is 860 g/mol. The van der Waals surface area contributed by atoms with Gasteiger partial charge in [-0.1, -0.05) is 110 Å². The third-order valence-corrected chi connectivity index (χ3v) is 13.2. The number of nitrogens with zero attached hydrogens (tertiary/aromatic N) is 1. The van der Waals surface area contributed by atoms with Gasteiger partial charge >= 0.3 is 11.9 Å². The number of hydrogen-bond acceptors (Lipinski definition) is 7. The summed E-state index contributed by atoms with van der Waals surface area (Å²) in [5, 5.41) is 0.507. The van der Waals surface area contributed by atoms with Gasteiger partial charge in [-0.25, -0.2) is 14.5 Å². The molecule has 2 atom stereocenters. The van der Waals surface area contributed by atoms with E-state index in [1.54, 1.807) is 12.1 Å². The molecule has 2 bridgehead atoms. The molecule has 0 spiro atoms. The summed E-state index contributed by atoms with van der Waals surface area (Å²) in [6, 6.07) is 31.7. The second-order valence-electron chi connectivity index (χ2n) is 12.6. The summed E-state index contributed by atoms with van der Waals surface area (Å²) in [6.07, 6.45) is 0. The molecule has 9 rings (SSSR count). The van der Waals surface area contributed by atoms with E-state index in [-0.39, 0.29) is 33.1 Å². The largest absolute Gasteiger partial charge is 0.454 e. The van der Waals surface area contributed by atoms with E-state index in [1.807, 2.05) is 48.5 Å². The fraction of sp³-hybridized carbons (Fsp3) is 0.125. The summed E-state index contributed by atoms with van der Waals surface area (Å²) in [5.41, 5.74) is 4.34. The van der Waals surface area contributed by atoms with Crippen LogP contribution in [0.2, 0.25) is 10.0 Å². The molecule has 1 saturated heterocycles. The zero-order valence-electron chi connectivity index (χ0n) is 26.6. The van der Waals surface area contributed by atoms with Crippen LogP contribution in [0.5, 0.6) is 5.75 Å². The number of esters is 2. The Morgan fingerprint density at radius 3 is 1.67 bits per heavy atom. The minimum Gasteiger partial charge on any atom is -0.454 e. The van der Waals surface area contributed by atoms with Crippen LogP contribution in [-0.2, 0) is 23.0 Å². The predicted molar refractivity (Wildman–Crippen MR) is 201 cm³/mol. The van der Waals surface area contributed by atoms with Gasteiger partial charge in [-0.15, -0.1) is 0 Å². The number of anilines is 1. The van der Waals surface area contributed by atoms with Gasteiger partial charge in [0.2, 0.25) is 11.8 Å². The van der Waals surface area contributed by atoms with Crippen molar-refractivity contribution in [3.8, 4) is 5.75 Å². The van der Waals surface area contributed by atoms with Crippen LogP contribution >= 0.6 is 55.1 Å². The van der Waals surface area contributed by atoms with Crippen LogP contribution in [0.3, 0.4) is 0 Å². The molecule has 2 amide bonds. The molecule has 8 nitrogen and oxygen atoms in total. The number of ketones is 1. The third kappa shape index (κ3) is 5.18. The van der Waals surface area contributed by atoms with Crippen LogP contribution in [0.1, 0.15) is 53.3 Å². The van der Waals surface area contributed by atoms with Crippen molar-refractivity contribution in [2.75, 3.05) is 11.5 Å². The Balaban J connectivity index is 0.982. The molecule has 1 aliphatic heterocycles. The Morgan fingerprint density at radius 1 is 0.615 bits per heavy atom. The molecular formula is C40H23Br2Cl2NO7. The first-order valence-corrected chi connectivity index (χ1v) is 18.3. The monoisotopic (exact) mass is 857 g/mol. The number of carbonyl (C=O) groups excluding carboxylic acids is 5. The molecule has 258 valence electrons. The van der Waals surface area contributed by atoms with Crippen molar-refractivity contribution < 1.29 is 33.4 Å². The highest BCUT2D eigenvalue weighted by molar-refractivity contribution is 9.10. The Bertz CT molecular complexity index is 2260. The Labute approximate surface area is 323 Å². The first-order chi connectivity index (χ1) is 24.9. The number of Topliss-reactive ketones (excluding diaryl/α,β-unsaturated/α-hetero) is 1. The van der Waals surface area contributed by atoms with E-state index >= 15 is 0 Å². The van der Waals surface area contributed by atoms with E-state index in [4.69, 9.17) is 32.7 Å². The molecule has 12 heteroatoms. The fourth-order valence-corrected chi connectivity index (χ4v) is 10.1. The molecule has 52 heavy (non-hydrogen) atoms. The van der Waals surface area contributed by atoms with Gasteiger partial charge in [0.05, 0.1) is 47.3 Å². The fourth-order valence-electron chi connectivity index (χ4n) is 7.49. The van der Waals surface area contributed by atoms with Crippen LogP contribution in [0.25, 0.3) is 0 Å². The zero-order chi connectivity index (χ0) is 36.5. The highest BCUT2D eigenvalue weighted by atomic mass is 79.9. The number of imide groups is 1. The second kappa shape index (κ2) is 12.8. The minimum atomic E-state index is -0.955. The number of rotatable bonds is 7. The minimum absolute atomic E-state index is 0.0574. The SMILES string of the molecule is O=C(COC(=O)c1cccc(N2C(=O)C3C(C2=O)C2(Br)c4ccccc4C3(Br)c3ccccc32)c1)c1ccc(OC(=O)c2ccc(Cl)c(Cl)c2)cc1. The molecule has 0 aromatic heterocycles. The second-order valence-corrected chi connectivity index (χ2v) is 15.9. The Kier molecular flexibility index (Phi) is 8.49. The van der Waals surface area contributed by atoms with Crippen LogP contribution in [-0.4, -0.2) is 36.1 Å². The van der Waals surface area contributed by atoms with Crippen LogP contribution in [0, 0.1) is 11.8 Å². The van der Waals surface area contributed by atoms with Crippen molar-refractivity contribution in [3.63, 3.8) is 0 Å². The van der Waals surface area contributed by atoms with E-state index in [0.717, 1.165) is 27.2 Å². The molecule has 0 N–H and O–H groups in total. The van der Waals surface area contributed by atoms with E-state index < -0.39 is 56.6 Å². The van der Waals surface area contributed by atoms with Crippen molar-refractivity contribution >= 4 is 90.3 Å². The lowest BCUT2D eigenvalue weighted by molar-refractivity contribution is -0.122. The van der Waals surface area contributed by atoms with Gasteiger partial charge < -0.3 is 9.47 Å². The summed E-state index contributed by atoms with van der Waals surface area (Å²) in [5.74, 6) is -4.13. The van der Waals surface area contributed by atoms with E-state index in [0.29, 0.717) is 5.02 Å². The van der Waals surface area contributed by atoms with Crippen molar-refractivity contribution in [1.82, 2.24) is 0 Å². The predicted octanol–water partition coefficient (Wildman–Crippen LogP) is 8.66. The van der Waals surface area contributed by atoms with Crippen LogP contribution < -0.4 is 9.64 Å². The molecular weight excluding hydrogens is 837 g/mol. The molecule has 3 aliphatic carbocycles. The number of hydrogen-bond donors (Lipinski definition) is 0. The summed E-state index contributed by atoms with van der Waals surface area (Å²) in [6.45, 7) is -0.577. The normalized spacial score (nSPS) is 22.3. The highest BCUT2D eigenvalue weighted by Gasteiger charge is 2.72. The van der Waals surface area contributed by atoms with Crippen molar-refractivity contribution in [2.24, 2.45) is 11.8 Å². The van der Waals surface area contributed by atoms with Gasteiger partial charge in [0.1, 0.15) is 5.75 Å². The summed E-state index contributed by atoms with van der Waals surface area (Å²) in [4.78, 5) is 68.5. The summed E-state index contributed by atoms with van der Waals surface area (Å²) >= 11 is 19.9. The Hall–Kier alpha value is -4.61. The van der Waals surface area contributed by atoms with Gasteiger partial charge in [0.25, 0.3) is 0 Å².